The highest BCUT2D eigenvalue weighted by Gasteiger charge is 2.70. The van der Waals surface area contributed by atoms with E-state index >= 15 is 0 Å². The molecule has 8 nitrogen and oxygen atoms in total. The van der Waals surface area contributed by atoms with E-state index in [-0.39, 0.29) is 42.0 Å². The van der Waals surface area contributed by atoms with Gasteiger partial charge < -0.3 is 14.6 Å². The van der Waals surface area contributed by atoms with Gasteiger partial charge in [-0.2, -0.15) is 31.3 Å². The number of hydrogen-bond acceptors (Lipinski definition) is 7. The Morgan fingerprint density at radius 3 is 2.38 bits per heavy atom. The highest BCUT2D eigenvalue weighted by atomic mass is 19.4. The van der Waals surface area contributed by atoms with E-state index in [1.54, 1.807) is 6.92 Å². The SMILES string of the molecule is Cc1nnc(N2C[C@H]3[C@H](Nc4nc5n(n4)C(C(F)(F)F)CCC5c4ccc(C(F)(F)F)cc4)C4CCC43C2)o1. The Morgan fingerprint density at radius 2 is 1.77 bits per heavy atom. The zero-order valence-corrected chi connectivity index (χ0v) is 20.8. The molecule has 6 atom stereocenters. The first-order valence-electron chi connectivity index (χ1n) is 13.0. The minimum absolute atomic E-state index is 0.00826. The van der Waals surface area contributed by atoms with E-state index in [4.69, 9.17) is 4.42 Å². The molecule has 39 heavy (non-hydrogen) atoms. The summed E-state index contributed by atoms with van der Waals surface area (Å²) in [4.78, 5) is 6.58. The molecule has 2 aliphatic heterocycles. The normalized spacial score (nSPS) is 31.7. The Balaban J connectivity index is 1.16. The van der Waals surface area contributed by atoms with Crippen LogP contribution in [0.15, 0.2) is 28.7 Å². The number of alkyl halides is 6. The van der Waals surface area contributed by atoms with Crippen LogP contribution in [0.25, 0.3) is 0 Å². The second-order valence-electron chi connectivity index (χ2n) is 11.2. The molecule has 3 aromatic rings. The average molecular weight is 554 g/mol. The van der Waals surface area contributed by atoms with Crippen molar-refractivity contribution in [2.24, 2.45) is 17.3 Å². The summed E-state index contributed by atoms with van der Waals surface area (Å²) < 4.78 is 87.5. The number of benzene rings is 1. The summed E-state index contributed by atoms with van der Waals surface area (Å²) in [5, 5.41) is 15.7. The van der Waals surface area contributed by atoms with Crippen LogP contribution in [0, 0.1) is 24.2 Å². The van der Waals surface area contributed by atoms with Gasteiger partial charge in [0.2, 0.25) is 11.8 Å². The van der Waals surface area contributed by atoms with Gasteiger partial charge in [0.1, 0.15) is 11.9 Å². The lowest BCUT2D eigenvalue weighted by atomic mass is 9.41. The third-order valence-corrected chi connectivity index (χ3v) is 9.26. The monoisotopic (exact) mass is 553 g/mol. The van der Waals surface area contributed by atoms with Crippen LogP contribution >= 0.6 is 0 Å². The number of halogens is 6. The molecule has 14 heteroatoms. The topological polar surface area (TPSA) is 84.9 Å². The van der Waals surface area contributed by atoms with Crippen LogP contribution < -0.4 is 10.2 Å². The molecule has 7 rings (SSSR count). The first kappa shape index (κ1) is 24.7. The van der Waals surface area contributed by atoms with Gasteiger partial charge in [0.15, 0.2) is 0 Å². The summed E-state index contributed by atoms with van der Waals surface area (Å²) >= 11 is 0. The van der Waals surface area contributed by atoms with E-state index < -0.39 is 29.9 Å². The molecule has 2 aromatic heterocycles. The minimum atomic E-state index is -4.53. The molecular formula is C25H25F6N7O. The van der Waals surface area contributed by atoms with Crippen molar-refractivity contribution in [2.45, 2.75) is 63.0 Å². The number of aryl methyl sites for hydroxylation is 1. The standard InChI is InChI=1S/C25H25F6N7O/c1-12-34-35-22(39-12)37-10-17-19(16-8-9-23(16,17)11-37)32-21-33-20-15(6-7-18(25(29,30)31)38(20)36-21)13-2-4-14(5-3-13)24(26,27)28/h2-5,15-19H,6-11H2,1H3,(H,32,36)/t15?,16?,17-,18?,19+,23?/m0/s1. The number of rotatable bonds is 4. The van der Waals surface area contributed by atoms with Gasteiger partial charge >= 0.3 is 18.4 Å². The summed E-state index contributed by atoms with van der Waals surface area (Å²) in [5.74, 6) is 0.682. The molecule has 2 saturated carbocycles. The van der Waals surface area contributed by atoms with Gasteiger partial charge in [-0.25, -0.2) is 4.68 Å². The van der Waals surface area contributed by atoms with Gasteiger partial charge in [-0.05, 0) is 54.7 Å². The highest BCUT2D eigenvalue weighted by Crippen LogP contribution is 2.68. The Bertz CT molecular complexity index is 1400. The summed E-state index contributed by atoms with van der Waals surface area (Å²) in [6.45, 7) is 3.21. The second-order valence-corrected chi connectivity index (χ2v) is 11.2. The smallest absolute Gasteiger partial charge is 0.408 e. The summed E-state index contributed by atoms with van der Waals surface area (Å²) in [7, 11) is 0. The van der Waals surface area contributed by atoms with Crippen LogP contribution in [0.2, 0.25) is 0 Å². The van der Waals surface area contributed by atoms with Gasteiger partial charge in [-0.15, -0.1) is 10.2 Å². The Kier molecular flexibility index (Phi) is 5.13. The van der Waals surface area contributed by atoms with Crippen molar-refractivity contribution in [2.75, 3.05) is 23.3 Å². The predicted octanol–water partition coefficient (Wildman–Crippen LogP) is 5.34. The maximum absolute atomic E-state index is 13.9. The molecule has 208 valence electrons. The molecule has 4 heterocycles. The fourth-order valence-electron chi connectivity index (χ4n) is 7.34. The molecule has 3 fully saturated rings. The van der Waals surface area contributed by atoms with Crippen molar-refractivity contribution < 1.29 is 30.8 Å². The number of anilines is 2. The third-order valence-electron chi connectivity index (χ3n) is 9.26. The molecule has 0 bridgehead atoms. The quantitative estimate of drug-likeness (QED) is 0.437. The Labute approximate surface area is 218 Å². The molecular weight excluding hydrogens is 528 g/mol. The van der Waals surface area contributed by atoms with E-state index in [1.165, 1.54) is 12.1 Å². The van der Waals surface area contributed by atoms with Crippen molar-refractivity contribution in [1.82, 2.24) is 25.0 Å². The maximum Gasteiger partial charge on any atom is 0.416 e. The van der Waals surface area contributed by atoms with E-state index in [0.29, 0.717) is 29.9 Å². The number of fused-ring (bicyclic) bond motifs is 1. The van der Waals surface area contributed by atoms with Crippen LogP contribution in [0.1, 0.15) is 60.5 Å². The molecule has 0 amide bonds. The van der Waals surface area contributed by atoms with E-state index in [1.807, 2.05) is 0 Å². The first-order valence-corrected chi connectivity index (χ1v) is 13.0. The molecule has 1 spiro atoms. The van der Waals surface area contributed by atoms with Crippen LogP contribution in [-0.2, 0) is 6.18 Å². The lowest BCUT2D eigenvalue weighted by Gasteiger charge is -2.65. The molecule has 1 saturated heterocycles. The van der Waals surface area contributed by atoms with Crippen molar-refractivity contribution >= 4 is 12.0 Å². The zero-order chi connectivity index (χ0) is 27.3. The summed E-state index contributed by atoms with van der Waals surface area (Å²) in [6, 6.07) is 3.16. The molecule has 2 aliphatic carbocycles. The van der Waals surface area contributed by atoms with Crippen molar-refractivity contribution in [3.8, 4) is 0 Å². The summed E-state index contributed by atoms with van der Waals surface area (Å²) in [6.07, 6.45) is -7.10. The molecule has 1 N–H and O–H groups in total. The fourth-order valence-corrected chi connectivity index (χ4v) is 7.34. The van der Waals surface area contributed by atoms with Gasteiger partial charge in [-0.1, -0.05) is 17.2 Å². The van der Waals surface area contributed by atoms with Crippen molar-refractivity contribution in [3.05, 3.63) is 47.1 Å². The first-order chi connectivity index (χ1) is 18.4. The van der Waals surface area contributed by atoms with E-state index in [9.17, 15) is 26.3 Å². The second kappa shape index (κ2) is 8.10. The third kappa shape index (κ3) is 3.73. The van der Waals surface area contributed by atoms with Crippen molar-refractivity contribution in [3.63, 3.8) is 0 Å². The predicted molar refractivity (Wildman–Crippen MR) is 125 cm³/mol. The molecule has 4 unspecified atom stereocenters. The summed E-state index contributed by atoms with van der Waals surface area (Å²) in [5.41, 5.74) is -0.225. The maximum atomic E-state index is 13.9. The van der Waals surface area contributed by atoms with Gasteiger partial charge in [0.05, 0.1) is 5.56 Å². The number of nitrogens with zero attached hydrogens (tertiary/aromatic N) is 6. The Hall–Kier alpha value is -3.32. The van der Waals surface area contributed by atoms with Crippen LogP contribution in [0.4, 0.5) is 38.3 Å². The Morgan fingerprint density at radius 1 is 1.00 bits per heavy atom. The van der Waals surface area contributed by atoms with Crippen LogP contribution in [0.3, 0.4) is 0 Å². The lowest BCUT2D eigenvalue weighted by molar-refractivity contribution is -0.175. The van der Waals surface area contributed by atoms with Gasteiger partial charge in [0, 0.05) is 37.9 Å². The van der Waals surface area contributed by atoms with Crippen LogP contribution in [0.5, 0.6) is 0 Å². The van der Waals surface area contributed by atoms with E-state index in [2.05, 4.69) is 30.5 Å². The zero-order valence-electron chi connectivity index (χ0n) is 20.8. The van der Waals surface area contributed by atoms with Crippen LogP contribution in [-0.4, -0.2) is 50.3 Å². The number of nitrogens with one attached hydrogen (secondary N) is 1. The largest absolute Gasteiger partial charge is 0.416 e. The minimum Gasteiger partial charge on any atom is -0.408 e. The fraction of sp³-hybridized carbons (Fsp3) is 0.600. The molecule has 4 aliphatic rings. The number of hydrogen-bond donors (Lipinski definition) is 1. The van der Waals surface area contributed by atoms with Gasteiger partial charge in [-0.3, -0.25) is 0 Å². The lowest BCUT2D eigenvalue weighted by Crippen LogP contribution is -2.68. The molecule has 0 radical (unpaired) electrons. The highest BCUT2D eigenvalue weighted by molar-refractivity contribution is 5.42. The van der Waals surface area contributed by atoms with E-state index in [0.717, 1.165) is 36.2 Å². The molecule has 1 aromatic carbocycles. The van der Waals surface area contributed by atoms with Crippen molar-refractivity contribution in [1.29, 1.82) is 0 Å². The number of aromatic nitrogens is 5. The van der Waals surface area contributed by atoms with Gasteiger partial charge in [0.25, 0.3) is 0 Å². The average Bonchev–Trinajstić information content (AvgIpc) is 3.57.